The summed E-state index contributed by atoms with van der Waals surface area (Å²) in [7, 11) is 0. The van der Waals surface area contributed by atoms with Crippen molar-refractivity contribution in [1.82, 2.24) is 10.2 Å². The molecule has 1 saturated heterocycles. The van der Waals surface area contributed by atoms with Crippen LogP contribution in [-0.4, -0.2) is 34.8 Å². The third-order valence-corrected chi connectivity index (χ3v) is 4.58. The van der Waals surface area contributed by atoms with Crippen LogP contribution in [0.4, 0.5) is 0 Å². The lowest BCUT2D eigenvalue weighted by atomic mass is 9.97. The highest BCUT2D eigenvalue weighted by atomic mass is 16.2. The summed E-state index contributed by atoms with van der Waals surface area (Å²) in [4.78, 5) is 27.7. The predicted molar refractivity (Wildman–Crippen MR) is 101 cm³/mol. The molecule has 0 saturated carbocycles. The summed E-state index contributed by atoms with van der Waals surface area (Å²) in [6, 6.07) is 13.3. The molecule has 1 fully saturated rings. The van der Waals surface area contributed by atoms with Crippen molar-refractivity contribution in [3.8, 4) is 0 Å². The van der Waals surface area contributed by atoms with Gasteiger partial charge >= 0.3 is 0 Å². The minimum atomic E-state index is -0.389. The molecule has 1 aliphatic rings. The van der Waals surface area contributed by atoms with Crippen molar-refractivity contribution < 1.29 is 9.59 Å². The Kier molecular flexibility index (Phi) is 4.80. The number of nitrogens with one attached hydrogen (secondary N) is 1. The number of benzene rings is 2. The highest BCUT2D eigenvalue weighted by Gasteiger charge is 2.34. The Bertz CT molecular complexity index is 787. The molecule has 4 heteroatoms. The van der Waals surface area contributed by atoms with E-state index in [0.717, 1.165) is 30.0 Å². The van der Waals surface area contributed by atoms with Gasteiger partial charge in [-0.3, -0.25) is 9.59 Å². The second-order valence-electron chi connectivity index (χ2n) is 7.78. The summed E-state index contributed by atoms with van der Waals surface area (Å²) < 4.78 is 0. The molecule has 0 bridgehead atoms. The Labute approximate surface area is 149 Å². The Morgan fingerprint density at radius 3 is 2.52 bits per heavy atom. The number of hydrogen-bond acceptors (Lipinski definition) is 2. The van der Waals surface area contributed by atoms with Crippen LogP contribution in [0, 0.1) is 0 Å². The largest absolute Gasteiger partial charge is 0.350 e. The number of fused-ring (bicyclic) bond motifs is 1. The van der Waals surface area contributed by atoms with Crippen molar-refractivity contribution in [2.75, 3.05) is 6.54 Å². The molecule has 1 aliphatic heterocycles. The van der Waals surface area contributed by atoms with E-state index >= 15 is 0 Å². The number of rotatable bonds is 2. The number of amides is 2. The fourth-order valence-electron chi connectivity index (χ4n) is 3.47. The van der Waals surface area contributed by atoms with Gasteiger partial charge in [-0.1, -0.05) is 36.4 Å². The van der Waals surface area contributed by atoms with Gasteiger partial charge in [-0.2, -0.15) is 0 Å². The maximum atomic E-state index is 13.2. The lowest BCUT2D eigenvalue weighted by Gasteiger charge is -2.36. The van der Waals surface area contributed by atoms with E-state index in [1.54, 1.807) is 4.90 Å². The Balaban J connectivity index is 1.92. The maximum Gasteiger partial charge on any atom is 0.255 e. The van der Waals surface area contributed by atoms with Crippen LogP contribution in [0.1, 0.15) is 50.4 Å². The Hall–Kier alpha value is -2.36. The second-order valence-corrected chi connectivity index (χ2v) is 7.78. The minimum absolute atomic E-state index is 0.0504. The average Bonchev–Trinajstić information content (AvgIpc) is 2.59. The Morgan fingerprint density at radius 1 is 1.04 bits per heavy atom. The van der Waals surface area contributed by atoms with Crippen molar-refractivity contribution >= 4 is 22.6 Å². The van der Waals surface area contributed by atoms with Crippen molar-refractivity contribution in [3.05, 3.63) is 48.0 Å². The first kappa shape index (κ1) is 17.5. The molecule has 2 amide bonds. The molecule has 0 aliphatic carbocycles. The van der Waals surface area contributed by atoms with Gasteiger partial charge in [0.05, 0.1) is 0 Å². The fraction of sp³-hybridized carbons (Fsp3) is 0.429. The monoisotopic (exact) mass is 338 g/mol. The summed E-state index contributed by atoms with van der Waals surface area (Å²) >= 11 is 0. The third kappa shape index (κ3) is 3.84. The topological polar surface area (TPSA) is 49.4 Å². The van der Waals surface area contributed by atoms with Crippen LogP contribution in [0.2, 0.25) is 0 Å². The lowest BCUT2D eigenvalue weighted by Crippen LogP contribution is -2.55. The summed E-state index contributed by atoms with van der Waals surface area (Å²) in [5.41, 5.74) is 0.372. The quantitative estimate of drug-likeness (QED) is 0.906. The van der Waals surface area contributed by atoms with E-state index in [2.05, 4.69) is 5.32 Å². The molecule has 3 rings (SSSR count). The molecule has 0 aromatic heterocycles. The Morgan fingerprint density at radius 2 is 1.76 bits per heavy atom. The summed E-state index contributed by atoms with van der Waals surface area (Å²) in [6.45, 7) is 6.52. The molecule has 1 atom stereocenters. The van der Waals surface area contributed by atoms with E-state index < -0.39 is 0 Å². The molecule has 25 heavy (non-hydrogen) atoms. The standard InChI is InChI=1S/C21H26N2O2/c1-21(2,3)22-19(24)18-13-6-7-14-23(18)20(25)17-12-8-10-15-9-4-5-11-16(15)17/h4-5,8-12,18H,6-7,13-14H2,1-3H3,(H,22,24). The van der Waals surface area contributed by atoms with Crippen LogP contribution in [0.5, 0.6) is 0 Å². The molecule has 1 N–H and O–H groups in total. The molecule has 0 radical (unpaired) electrons. The highest BCUT2D eigenvalue weighted by molar-refractivity contribution is 6.08. The second kappa shape index (κ2) is 6.87. The van der Waals surface area contributed by atoms with Crippen molar-refractivity contribution in [2.45, 2.75) is 51.6 Å². The molecule has 1 heterocycles. The molecule has 2 aromatic carbocycles. The summed E-state index contributed by atoms with van der Waals surface area (Å²) in [5, 5.41) is 5.01. The lowest BCUT2D eigenvalue weighted by molar-refractivity contribution is -0.128. The van der Waals surface area contributed by atoms with Crippen LogP contribution in [0.15, 0.2) is 42.5 Å². The number of piperidine rings is 1. The zero-order valence-corrected chi connectivity index (χ0v) is 15.2. The van der Waals surface area contributed by atoms with E-state index in [0.29, 0.717) is 12.1 Å². The zero-order chi connectivity index (χ0) is 18.0. The van der Waals surface area contributed by atoms with Gasteiger partial charge in [0.2, 0.25) is 5.91 Å². The number of likely N-dealkylation sites (tertiary alicyclic amines) is 1. The van der Waals surface area contributed by atoms with E-state index in [1.165, 1.54) is 0 Å². The van der Waals surface area contributed by atoms with Gasteiger partial charge in [0, 0.05) is 17.6 Å². The number of carbonyl (C=O) groups is 2. The molecular formula is C21H26N2O2. The summed E-state index contributed by atoms with van der Waals surface area (Å²) in [5.74, 6) is -0.105. The average molecular weight is 338 g/mol. The van der Waals surface area contributed by atoms with E-state index in [4.69, 9.17) is 0 Å². The van der Waals surface area contributed by atoms with Crippen molar-refractivity contribution in [3.63, 3.8) is 0 Å². The number of nitrogens with zero attached hydrogens (tertiary/aromatic N) is 1. The van der Waals surface area contributed by atoms with E-state index in [9.17, 15) is 9.59 Å². The van der Waals surface area contributed by atoms with Crippen LogP contribution in [0.25, 0.3) is 10.8 Å². The van der Waals surface area contributed by atoms with Gasteiger partial charge in [0.25, 0.3) is 5.91 Å². The fourth-order valence-corrected chi connectivity index (χ4v) is 3.47. The van der Waals surface area contributed by atoms with Gasteiger partial charge in [0.1, 0.15) is 6.04 Å². The molecule has 0 spiro atoms. The number of hydrogen-bond donors (Lipinski definition) is 1. The SMILES string of the molecule is CC(C)(C)NC(=O)C1CCCCN1C(=O)c1cccc2ccccc12. The van der Waals surface area contributed by atoms with E-state index in [-0.39, 0.29) is 23.4 Å². The minimum Gasteiger partial charge on any atom is -0.350 e. The van der Waals surface area contributed by atoms with Crippen LogP contribution < -0.4 is 5.32 Å². The van der Waals surface area contributed by atoms with Crippen molar-refractivity contribution in [2.24, 2.45) is 0 Å². The zero-order valence-electron chi connectivity index (χ0n) is 15.2. The predicted octanol–water partition coefficient (Wildman–Crippen LogP) is 3.75. The highest BCUT2D eigenvalue weighted by Crippen LogP contribution is 2.25. The third-order valence-electron chi connectivity index (χ3n) is 4.58. The maximum absolute atomic E-state index is 13.2. The van der Waals surface area contributed by atoms with Gasteiger partial charge < -0.3 is 10.2 Å². The molecule has 4 nitrogen and oxygen atoms in total. The first-order valence-corrected chi connectivity index (χ1v) is 8.97. The van der Waals surface area contributed by atoms with Gasteiger partial charge in [0.15, 0.2) is 0 Å². The van der Waals surface area contributed by atoms with Crippen LogP contribution in [-0.2, 0) is 4.79 Å². The molecule has 2 aromatic rings. The van der Waals surface area contributed by atoms with E-state index in [1.807, 2.05) is 63.2 Å². The van der Waals surface area contributed by atoms with Gasteiger partial charge in [-0.15, -0.1) is 0 Å². The molecule has 132 valence electrons. The summed E-state index contributed by atoms with van der Waals surface area (Å²) in [6.07, 6.45) is 2.63. The van der Waals surface area contributed by atoms with Crippen LogP contribution in [0.3, 0.4) is 0 Å². The first-order valence-electron chi connectivity index (χ1n) is 8.97. The molecular weight excluding hydrogens is 312 g/mol. The van der Waals surface area contributed by atoms with Crippen LogP contribution >= 0.6 is 0 Å². The van der Waals surface area contributed by atoms with Gasteiger partial charge in [-0.05, 0) is 56.9 Å². The molecule has 1 unspecified atom stereocenters. The normalized spacial score (nSPS) is 18.2. The van der Waals surface area contributed by atoms with Gasteiger partial charge in [-0.25, -0.2) is 0 Å². The first-order chi connectivity index (χ1) is 11.9. The number of carbonyl (C=O) groups excluding carboxylic acids is 2. The van der Waals surface area contributed by atoms with Crippen molar-refractivity contribution in [1.29, 1.82) is 0 Å². The smallest absolute Gasteiger partial charge is 0.255 e.